The predicted octanol–water partition coefficient (Wildman–Crippen LogP) is 2.21. The summed E-state index contributed by atoms with van der Waals surface area (Å²) in [6.45, 7) is 4.19. The molecule has 0 fully saturated rings. The van der Waals surface area contributed by atoms with Crippen LogP contribution in [0.15, 0.2) is 34.9 Å². The normalized spacial score (nSPS) is 17.6. The molecule has 6 heteroatoms. The molecule has 23 heavy (non-hydrogen) atoms. The van der Waals surface area contributed by atoms with Crippen molar-refractivity contribution in [3.63, 3.8) is 0 Å². The second-order valence-corrected chi connectivity index (χ2v) is 5.77. The third-order valence-corrected chi connectivity index (χ3v) is 4.08. The number of benzene rings is 1. The minimum absolute atomic E-state index is 0.0453. The standard InChI is InChI=1S/C17H20N2O4/c1-11-8-13(23-18-11)9-17(20)19(3)12(2)16-10-21-14-6-4-5-7-15(14)22-16/h4-8,12,16H,9-10H2,1-3H3. The van der Waals surface area contributed by atoms with Crippen molar-refractivity contribution in [1.29, 1.82) is 0 Å². The molecule has 0 saturated heterocycles. The number of hydrogen-bond acceptors (Lipinski definition) is 5. The van der Waals surface area contributed by atoms with Crippen molar-refractivity contribution in [2.75, 3.05) is 13.7 Å². The van der Waals surface area contributed by atoms with E-state index in [1.807, 2.05) is 38.1 Å². The molecule has 2 unspecified atom stereocenters. The van der Waals surface area contributed by atoms with Gasteiger partial charge in [0.2, 0.25) is 5.91 Å². The molecular formula is C17H20N2O4. The first kappa shape index (κ1) is 15.4. The smallest absolute Gasteiger partial charge is 0.230 e. The predicted molar refractivity (Wildman–Crippen MR) is 83.5 cm³/mol. The Morgan fingerprint density at radius 1 is 1.39 bits per heavy atom. The Morgan fingerprint density at radius 2 is 2.13 bits per heavy atom. The second kappa shape index (κ2) is 6.32. The van der Waals surface area contributed by atoms with Gasteiger partial charge in [0.15, 0.2) is 17.6 Å². The van der Waals surface area contributed by atoms with Gasteiger partial charge in [0.25, 0.3) is 0 Å². The van der Waals surface area contributed by atoms with Crippen LogP contribution < -0.4 is 9.47 Å². The highest BCUT2D eigenvalue weighted by molar-refractivity contribution is 5.78. The number of likely N-dealkylation sites (N-methyl/N-ethyl adjacent to an activating group) is 1. The number of carbonyl (C=O) groups excluding carboxylic acids is 1. The number of amides is 1. The van der Waals surface area contributed by atoms with Crippen LogP contribution >= 0.6 is 0 Å². The van der Waals surface area contributed by atoms with E-state index in [0.717, 1.165) is 11.4 Å². The first-order chi connectivity index (χ1) is 11.0. The van der Waals surface area contributed by atoms with Crippen molar-refractivity contribution >= 4 is 5.91 Å². The van der Waals surface area contributed by atoms with Crippen LogP contribution in [0, 0.1) is 6.92 Å². The van der Waals surface area contributed by atoms with Crippen molar-refractivity contribution in [1.82, 2.24) is 10.1 Å². The van der Waals surface area contributed by atoms with Crippen LogP contribution in [-0.2, 0) is 11.2 Å². The van der Waals surface area contributed by atoms with Gasteiger partial charge in [0.1, 0.15) is 12.4 Å². The SMILES string of the molecule is Cc1cc(CC(=O)N(C)C(C)C2COc3ccccc3O2)on1. The molecule has 0 bridgehead atoms. The van der Waals surface area contributed by atoms with Crippen molar-refractivity contribution in [3.8, 4) is 11.5 Å². The monoisotopic (exact) mass is 316 g/mol. The van der Waals surface area contributed by atoms with Crippen molar-refractivity contribution in [2.45, 2.75) is 32.4 Å². The first-order valence-electron chi connectivity index (χ1n) is 7.61. The number of aromatic nitrogens is 1. The van der Waals surface area contributed by atoms with Crippen LogP contribution in [0.3, 0.4) is 0 Å². The minimum atomic E-state index is -0.213. The van der Waals surface area contributed by atoms with Gasteiger partial charge in [-0.1, -0.05) is 17.3 Å². The Balaban J connectivity index is 1.63. The van der Waals surface area contributed by atoms with E-state index >= 15 is 0 Å². The number of rotatable bonds is 4. The Labute approximate surface area is 135 Å². The molecular weight excluding hydrogens is 296 g/mol. The van der Waals surface area contributed by atoms with E-state index in [2.05, 4.69) is 5.16 Å². The lowest BCUT2D eigenvalue weighted by molar-refractivity contribution is -0.133. The molecule has 2 aromatic rings. The molecule has 6 nitrogen and oxygen atoms in total. The van der Waals surface area contributed by atoms with Crippen LogP contribution in [-0.4, -0.2) is 41.8 Å². The summed E-state index contributed by atoms with van der Waals surface area (Å²) in [6, 6.07) is 9.19. The quantitative estimate of drug-likeness (QED) is 0.865. The van der Waals surface area contributed by atoms with Crippen molar-refractivity contribution in [2.24, 2.45) is 0 Å². The molecule has 0 radical (unpaired) electrons. The minimum Gasteiger partial charge on any atom is -0.486 e. The largest absolute Gasteiger partial charge is 0.486 e. The lowest BCUT2D eigenvalue weighted by Crippen LogP contribution is -2.49. The molecule has 3 rings (SSSR count). The summed E-state index contributed by atoms with van der Waals surface area (Å²) in [5.74, 6) is 1.97. The van der Waals surface area contributed by atoms with Crippen LogP contribution in [0.5, 0.6) is 11.5 Å². The lowest BCUT2D eigenvalue weighted by atomic mass is 10.1. The summed E-state index contributed by atoms with van der Waals surface area (Å²) >= 11 is 0. The van der Waals surface area contributed by atoms with Gasteiger partial charge in [-0.3, -0.25) is 4.79 Å². The topological polar surface area (TPSA) is 64.8 Å². The summed E-state index contributed by atoms with van der Waals surface area (Å²) in [5, 5.41) is 3.80. The van der Waals surface area contributed by atoms with E-state index in [0.29, 0.717) is 18.1 Å². The molecule has 0 saturated carbocycles. The molecule has 0 N–H and O–H groups in total. The summed E-state index contributed by atoms with van der Waals surface area (Å²) in [7, 11) is 1.76. The van der Waals surface area contributed by atoms with Gasteiger partial charge in [-0.25, -0.2) is 0 Å². The molecule has 1 aromatic carbocycles. The molecule has 122 valence electrons. The van der Waals surface area contributed by atoms with Gasteiger partial charge in [-0.2, -0.15) is 0 Å². The van der Waals surface area contributed by atoms with Gasteiger partial charge in [0.05, 0.1) is 18.2 Å². The molecule has 1 aliphatic heterocycles. The zero-order valence-corrected chi connectivity index (χ0v) is 13.5. The molecule has 0 spiro atoms. The van der Waals surface area contributed by atoms with Gasteiger partial charge < -0.3 is 18.9 Å². The molecule has 1 amide bonds. The highest BCUT2D eigenvalue weighted by Crippen LogP contribution is 2.32. The first-order valence-corrected chi connectivity index (χ1v) is 7.61. The highest BCUT2D eigenvalue weighted by atomic mass is 16.6. The van der Waals surface area contributed by atoms with E-state index in [1.54, 1.807) is 18.0 Å². The Bertz CT molecular complexity index is 697. The van der Waals surface area contributed by atoms with Crippen LogP contribution in [0.25, 0.3) is 0 Å². The van der Waals surface area contributed by atoms with E-state index < -0.39 is 0 Å². The van der Waals surface area contributed by atoms with E-state index in [9.17, 15) is 4.79 Å². The van der Waals surface area contributed by atoms with E-state index in [-0.39, 0.29) is 24.5 Å². The maximum absolute atomic E-state index is 12.4. The van der Waals surface area contributed by atoms with Crippen LogP contribution in [0.2, 0.25) is 0 Å². The summed E-state index contributed by atoms with van der Waals surface area (Å²) in [6.07, 6.45) is -0.0263. The summed E-state index contributed by atoms with van der Waals surface area (Å²) in [5.41, 5.74) is 0.768. The zero-order chi connectivity index (χ0) is 16.4. The van der Waals surface area contributed by atoms with Gasteiger partial charge in [0, 0.05) is 13.1 Å². The van der Waals surface area contributed by atoms with Crippen molar-refractivity contribution in [3.05, 3.63) is 41.8 Å². The summed E-state index contributed by atoms with van der Waals surface area (Å²) < 4.78 is 16.8. The number of nitrogens with zero attached hydrogens (tertiary/aromatic N) is 2. The maximum Gasteiger partial charge on any atom is 0.230 e. The van der Waals surface area contributed by atoms with E-state index in [4.69, 9.17) is 14.0 Å². The van der Waals surface area contributed by atoms with Crippen LogP contribution in [0.1, 0.15) is 18.4 Å². The number of hydrogen-bond donors (Lipinski definition) is 0. The number of para-hydroxylation sites is 2. The fraction of sp³-hybridized carbons (Fsp3) is 0.412. The second-order valence-electron chi connectivity index (χ2n) is 5.77. The average molecular weight is 316 g/mol. The highest BCUT2D eigenvalue weighted by Gasteiger charge is 2.30. The molecule has 0 aliphatic carbocycles. The Morgan fingerprint density at radius 3 is 2.83 bits per heavy atom. The molecule has 2 atom stereocenters. The van der Waals surface area contributed by atoms with Crippen molar-refractivity contribution < 1.29 is 18.8 Å². The molecule has 1 aliphatic rings. The lowest BCUT2D eigenvalue weighted by Gasteiger charge is -2.35. The average Bonchev–Trinajstić information content (AvgIpc) is 2.97. The number of carbonyl (C=O) groups is 1. The maximum atomic E-state index is 12.4. The van der Waals surface area contributed by atoms with E-state index in [1.165, 1.54) is 0 Å². The van der Waals surface area contributed by atoms with Gasteiger partial charge >= 0.3 is 0 Å². The Kier molecular flexibility index (Phi) is 4.23. The third kappa shape index (κ3) is 3.31. The zero-order valence-electron chi connectivity index (χ0n) is 13.5. The Hall–Kier alpha value is -2.50. The summed E-state index contributed by atoms with van der Waals surface area (Å²) in [4.78, 5) is 14.1. The van der Waals surface area contributed by atoms with Gasteiger partial charge in [-0.05, 0) is 26.0 Å². The fourth-order valence-corrected chi connectivity index (χ4v) is 2.52. The number of fused-ring (bicyclic) bond motifs is 1. The molecule has 1 aromatic heterocycles. The van der Waals surface area contributed by atoms with Gasteiger partial charge in [-0.15, -0.1) is 0 Å². The molecule has 2 heterocycles. The van der Waals surface area contributed by atoms with Crippen LogP contribution in [0.4, 0.5) is 0 Å². The number of aryl methyl sites for hydroxylation is 1. The number of ether oxygens (including phenoxy) is 2. The third-order valence-electron chi connectivity index (χ3n) is 4.08. The fourth-order valence-electron chi connectivity index (χ4n) is 2.52.